The number of pyridine rings is 1. The van der Waals surface area contributed by atoms with Gasteiger partial charge in [-0.3, -0.25) is 10.4 Å². The summed E-state index contributed by atoms with van der Waals surface area (Å²) in [6.07, 6.45) is 8.05. The highest BCUT2D eigenvalue weighted by atomic mass is 19.1. The van der Waals surface area contributed by atoms with Crippen molar-refractivity contribution >= 4 is 18.1 Å². The van der Waals surface area contributed by atoms with Crippen LogP contribution < -0.4 is 4.90 Å². The third-order valence-electron chi connectivity index (χ3n) is 6.82. The van der Waals surface area contributed by atoms with E-state index in [0.717, 1.165) is 28.9 Å². The van der Waals surface area contributed by atoms with Crippen molar-refractivity contribution in [2.75, 3.05) is 31.1 Å². The zero-order valence-corrected chi connectivity index (χ0v) is 21.3. The van der Waals surface area contributed by atoms with Gasteiger partial charge in [0.05, 0.1) is 5.69 Å². The number of rotatable bonds is 6. The number of hydrogen-bond acceptors (Lipinski definition) is 6. The molecule has 1 aliphatic rings. The lowest BCUT2D eigenvalue weighted by Gasteiger charge is -2.36. The second-order valence-electron chi connectivity index (χ2n) is 9.40. The molecule has 1 aromatic carbocycles. The molecular weight excluding hydrogens is 483 g/mol. The number of aliphatic imine (C=N–C) groups is 1. The fourth-order valence-corrected chi connectivity index (χ4v) is 4.51. The van der Waals surface area contributed by atoms with Gasteiger partial charge in [0.15, 0.2) is 5.84 Å². The van der Waals surface area contributed by atoms with Gasteiger partial charge in [-0.25, -0.2) is 19.4 Å². The molecule has 1 atom stereocenters. The smallest absolute Gasteiger partial charge is 0.225 e. The molecule has 0 amide bonds. The van der Waals surface area contributed by atoms with Crippen LogP contribution in [-0.4, -0.2) is 68.3 Å². The predicted octanol–water partition coefficient (Wildman–Crippen LogP) is 3.75. The summed E-state index contributed by atoms with van der Waals surface area (Å²) in [5.41, 5.74) is 3.56. The molecule has 10 heteroatoms. The highest BCUT2D eigenvalue weighted by Crippen LogP contribution is 2.29. The summed E-state index contributed by atoms with van der Waals surface area (Å²) in [5.74, 6) is 0.921. The Bertz CT molecular complexity index is 1420. The number of anilines is 1. The maximum atomic E-state index is 13.3. The van der Waals surface area contributed by atoms with Gasteiger partial charge in [-0.15, -0.1) is 0 Å². The predicted molar refractivity (Wildman–Crippen MR) is 145 cm³/mol. The molecule has 0 saturated carbocycles. The third-order valence-corrected chi connectivity index (χ3v) is 6.82. The minimum absolute atomic E-state index is 0.357. The number of hydrogen-bond donors (Lipinski definition) is 3. The molecule has 1 fully saturated rings. The van der Waals surface area contributed by atoms with E-state index in [2.05, 4.69) is 34.7 Å². The van der Waals surface area contributed by atoms with Crippen molar-refractivity contribution in [1.82, 2.24) is 24.8 Å². The van der Waals surface area contributed by atoms with Crippen LogP contribution >= 0.6 is 0 Å². The molecule has 38 heavy (non-hydrogen) atoms. The third kappa shape index (κ3) is 5.16. The number of piperazine rings is 1. The monoisotopic (exact) mass is 512 g/mol. The minimum Gasteiger partial charge on any atom is -0.381 e. The van der Waals surface area contributed by atoms with E-state index >= 15 is 0 Å². The van der Waals surface area contributed by atoms with Crippen LogP contribution in [0.5, 0.6) is 0 Å². The first-order valence-electron chi connectivity index (χ1n) is 12.3. The van der Waals surface area contributed by atoms with Crippen LogP contribution in [-0.2, 0) is 5.60 Å². The number of halogens is 1. The van der Waals surface area contributed by atoms with Crippen molar-refractivity contribution in [1.29, 1.82) is 5.41 Å². The van der Waals surface area contributed by atoms with E-state index in [0.29, 0.717) is 49.1 Å². The number of amidine groups is 1. The van der Waals surface area contributed by atoms with E-state index in [1.165, 1.54) is 12.1 Å². The molecule has 1 aliphatic heterocycles. The molecule has 4 heterocycles. The molecule has 0 radical (unpaired) electrons. The summed E-state index contributed by atoms with van der Waals surface area (Å²) in [6, 6.07) is 11.8. The van der Waals surface area contributed by atoms with Crippen molar-refractivity contribution in [2.45, 2.75) is 19.4 Å². The van der Waals surface area contributed by atoms with Gasteiger partial charge in [0.1, 0.15) is 17.8 Å². The zero-order chi connectivity index (χ0) is 26.7. The number of aryl methyl sites for hydroxylation is 1. The second-order valence-corrected chi connectivity index (χ2v) is 9.40. The van der Waals surface area contributed by atoms with Gasteiger partial charge in [-0.2, -0.15) is 0 Å². The average molecular weight is 513 g/mol. The SMILES string of the molecule is Cc1ccc(-c2c[nH]c(/C(=N\C=N)N3CCN(c4ncc([C@@](C)(O)c5ccc(F)cc5)cn4)CC3)c2)cn1. The van der Waals surface area contributed by atoms with Gasteiger partial charge >= 0.3 is 0 Å². The van der Waals surface area contributed by atoms with E-state index in [1.807, 2.05) is 37.5 Å². The largest absolute Gasteiger partial charge is 0.381 e. The van der Waals surface area contributed by atoms with Crippen LogP contribution in [0.15, 0.2) is 72.2 Å². The molecule has 4 aromatic rings. The fraction of sp³-hybridized carbons (Fsp3) is 0.250. The van der Waals surface area contributed by atoms with Crippen LogP contribution in [0.2, 0.25) is 0 Å². The van der Waals surface area contributed by atoms with E-state index < -0.39 is 5.60 Å². The van der Waals surface area contributed by atoms with Crippen molar-refractivity contribution in [3.63, 3.8) is 0 Å². The molecule has 0 aliphatic carbocycles. The Morgan fingerprint density at radius 2 is 1.71 bits per heavy atom. The standard InChI is InChI=1S/C28H29FN8O/c1-19-3-4-20(14-31-19)21-13-25(32-15-21)26(35-18-30)36-9-11-37(12-10-36)27-33-16-23(17-34-27)28(2,38)22-5-7-24(29)8-6-22/h3-8,13-18,30,32,38H,9-12H2,1-2H3/b30-18?,35-26+/t28-/m0/s1. The Morgan fingerprint density at radius 1 is 1.00 bits per heavy atom. The van der Waals surface area contributed by atoms with Crippen LogP contribution in [0.25, 0.3) is 11.1 Å². The number of aromatic nitrogens is 4. The Balaban J connectivity index is 1.26. The van der Waals surface area contributed by atoms with Gasteiger partial charge in [-0.1, -0.05) is 18.2 Å². The second kappa shape index (κ2) is 10.5. The lowest BCUT2D eigenvalue weighted by molar-refractivity contribution is 0.101. The van der Waals surface area contributed by atoms with Crippen molar-refractivity contribution in [2.24, 2.45) is 4.99 Å². The summed E-state index contributed by atoms with van der Waals surface area (Å²) in [6.45, 7) is 6.28. The van der Waals surface area contributed by atoms with Crippen molar-refractivity contribution < 1.29 is 9.50 Å². The van der Waals surface area contributed by atoms with Crippen LogP contribution in [0, 0.1) is 18.2 Å². The van der Waals surface area contributed by atoms with Gasteiger partial charge < -0.3 is 19.9 Å². The summed E-state index contributed by atoms with van der Waals surface area (Å²) in [4.78, 5) is 25.2. The molecule has 3 N–H and O–H groups in total. The lowest BCUT2D eigenvalue weighted by atomic mass is 9.90. The highest BCUT2D eigenvalue weighted by molar-refractivity contribution is 6.01. The summed E-state index contributed by atoms with van der Waals surface area (Å²) >= 11 is 0. The quantitative estimate of drug-likeness (QED) is 0.268. The number of aliphatic hydroxyl groups is 1. The van der Waals surface area contributed by atoms with Crippen molar-refractivity contribution in [3.8, 4) is 11.1 Å². The Hall–Kier alpha value is -4.44. The lowest BCUT2D eigenvalue weighted by Crippen LogP contribution is -2.49. The Labute approximate surface area is 220 Å². The van der Waals surface area contributed by atoms with Crippen LogP contribution in [0.4, 0.5) is 10.3 Å². The Morgan fingerprint density at radius 3 is 2.34 bits per heavy atom. The number of benzene rings is 1. The molecule has 0 spiro atoms. The molecule has 0 bridgehead atoms. The summed E-state index contributed by atoms with van der Waals surface area (Å²) in [7, 11) is 0. The number of aromatic amines is 1. The highest BCUT2D eigenvalue weighted by Gasteiger charge is 2.28. The maximum Gasteiger partial charge on any atom is 0.225 e. The zero-order valence-electron chi connectivity index (χ0n) is 21.3. The molecule has 0 unspecified atom stereocenters. The minimum atomic E-state index is -1.34. The summed E-state index contributed by atoms with van der Waals surface area (Å²) in [5, 5.41) is 18.6. The molecule has 5 rings (SSSR count). The van der Waals surface area contributed by atoms with E-state index in [9.17, 15) is 9.50 Å². The number of H-pyrrole nitrogens is 1. The average Bonchev–Trinajstić information content (AvgIpc) is 3.42. The molecule has 9 nitrogen and oxygen atoms in total. The summed E-state index contributed by atoms with van der Waals surface area (Å²) < 4.78 is 13.3. The topological polar surface area (TPSA) is 117 Å². The van der Waals surface area contributed by atoms with E-state index in [1.54, 1.807) is 31.5 Å². The molecule has 3 aromatic heterocycles. The van der Waals surface area contributed by atoms with Crippen molar-refractivity contribution in [3.05, 3.63) is 95.6 Å². The van der Waals surface area contributed by atoms with Crippen LogP contribution in [0.3, 0.4) is 0 Å². The maximum absolute atomic E-state index is 13.3. The molecular formula is C28H29FN8O. The van der Waals surface area contributed by atoms with Gasteiger partial charge in [0, 0.05) is 73.4 Å². The van der Waals surface area contributed by atoms with Gasteiger partial charge in [0.25, 0.3) is 0 Å². The Kier molecular flexibility index (Phi) is 6.97. The van der Waals surface area contributed by atoms with Gasteiger partial charge in [-0.05, 0) is 43.7 Å². The van der Waals surface area contributed by atoms with Crippen LogP contribution in [0.1, 0.15) is 29.4 Å². The first kappa shape index (κ1) is 25.2. The first-order chi connectivity index (χ1) is 18.3. The first-order valence-corrected chi connectivity index (χ1v) is 12.3. The molecule has 1 saturated heterocycles. The number of nitrogens with zero attached hydrogens (tertiary/aromatic N) is 6. The van der Waals surface area contributed by atoms with E-state index in [4.69, 9.17) is 5.41 Å². The fourth-order valence-electron chi connectivity index (χ4n) is 4.51. The number of nitrogens with one attached hydrogen (secondary N) is 2. The van der Waals surface area contributed by atoms with Gasteiger partial charge in [0.2, 0.25) is 5.95 Å². The van der Waals surface area contributed by atoms with E-state index in [-0.39, 0.29) is 5.82 Å². The molecule has 194 valence electrons. The normalized spacial score (nSPS) is 15.8.